The first-order valence-corrected chi connectivity index (χ1v) is 6.49. The Morgan fingerprint density at radius 1 is 1.09 bits per heavy atom. The zero-order valence-electron chi connectivity index (χ0n) is 10.8. The normalized spacial score (nSPS) is 13.5. The zero-order valence-corrected chi connectivity index (χ0v) is 11.6. The lowest BCUT2D eigenvalue weighted by molar-refractivity contribution is 0.0695. The fourth-order valence-electron chi connectivity index (χ4n) is 2.28. The summed E-state index contributed by atoms with van der Waals surface area (Å²) >= 11 is 5.66. The molecule has 0 radical (unpaired) electrons. The molecule has 2 aromatic carbocycles. The Hall–Kier alpha value is -2.73. The summed E-state index contributed by atoms with van der Waals surface area (Å²) in [5.74, 6) is -3.76. The smallest absolute Gasteiger partial charge is 0.337 e. The monoisotopic (exact) mass is 319 g/mol. The van der Waals surface area contributed by atoms with Crippen LogP contribution in [-0.4, -0.2) is 22.9 Å². The third kappa shape index (κ3) is 1.96. The van der Waals surface area contributed by atoms with Gasteiger partial charge in [0.1, 0.15) is 5.82 Å². The van der Waals surface area contributed by atoms with Crippen LogP contribution in [0, 0.1) is 5.82 Å². The molecule has 1 heterocycles. The molecule has 1 N–H and O–H groups in total. The Bertz CT molecular complexity index is 814. The van der Waals surface area contributed by atoms with Crippen molar-refractivity contribution in [3.05, 3.63) is 63.9 Å². The molecule has 0 saturated carbocycles. The summed E-state index contributed by atoms with van der Waals surface area (Å²) in [5, 5.41) is 8.72. The molecular weight excluding hydrogens is 313 g/mol. The molecular formula is C15H7ClFNO4. The van der Waals surface area contributed by atoms with E-state index < -0.39 is 34.9 Å². The minimum absolute atomic E-state index is 0.138. The number of carbonyl (C=O) groups excluding carboxylic acids is 2. The molecule has 3 rings (SSSR count). The van der Waals surface area contributed by atoms with Crippen molar-refractivity contribution in [3.8, 4) is 0 Å². The number of imide groups is 1. The number of halogens is 2. The van der Waals surface area contributed by atoms with Crippen LogP contribution in [0.1, 0.15) is 31.1 Å². The molecule has 0 atom stereocenters. The molecule has 110 valence electrons. The summed E-state index contributed by atoms with van der Waals surface area (Å²) in [5.41, 5.74) is -0.555. The van der Waals surface area contributed by atoms with Crippen LogP contribution in [0.15, 0.2) is 36.4 Å². The van der Waals surface area contributed by atoms with Crippen LogP contribution >= 0.6 is 11.6 Å². The molecule has 1 aliphatic heterocycles. The molecule has 0 aliphatic carbocycles. The van der Waals surface area contributed by atoms with E-state index in [1.807, 2.05) is 0 Å². The van der Waals surface area contributed by atoms with Gasteiger partial charge in [-0.25, -0.2) is 14.1 Å². The number of carboxylic acid groups (broad SMARTS) is 1. The van der Waals surface area contributed by atoms with E-state index in [2.05, 4.69) is 0 Å². The van der Waals surface area contributed by atoms with E-state index in [1.54, 1.807) is 12.1 Å². The Morgan fingerprint density at radius 2 is 1.64 bits per heavy atom. The number of hydrogen-bond donors (Lipinski definition) is 1. The maximum Gasteiger partial charge on any atom is 0.337 e. The number of carboxylic acids is 1. The Kier molecular flexibility index (Phi) is 3.18. The van der Waals surface area contributed by atoms with Crippen molar-refractivity contribution in [1.82, 2.24) is 0 Å². The number of aromatic carboxylic acids is 1. The largest absolute Gasteiger partial charge is 0.478 e. The van der Waals surface area contributed by atoms with Gasteiger partial charge in [0.2, 0.25) is 0 Å². The van der Waals surface area contributed by atoms with E-state index in [0.717, 1.165) is 12.1 Å². The van der Waals surface area contributed by atoms with Gasteiger partial charge < -0.3 is 5.11 Å². The lowest BCUT2D eigenvalue weighted by Crippen LogP contribution is -2.30. The van der Waals surface area contributed by atoms with Crippen LogP contribution in [-0.2, 0) is 0 Å². The Balaban J connectivity index is 2.18. The van der Waals surface area contributed by atoms with Gasteiger partial charge in [-0.3, -0.25) is 9.59 Å². The molecule has 7 heteroatoms. The van der Waals surface area contributed by atoms with Gasteiger partial charge in [-0.15, -0.1) is 0 Å². The van der Waals surface area contributed by atoms with Gasteiger partial charge in [0.15, 0.2) is 0 Å². The van der Waals surface area contributed by atoms with Gasteiger partial charge in [0.05, 0.1) is 27.4 Å². The first-order chi connectivity index (χ1) is 10.4. The van der Waals surface area contributed by atoms with Crippen molar-refractivity contribution in [2.75, 3.05) is 4.90 Å². The number of benzene rings is 2. The SMILES string of the molecule is O=C(O)c1cc(N2C(=O)c3ccccc3C2=O)c(F)cc1Cl. The fraction of sp³-hybridized carbons (Fsp3) is 0. The predicted molar refractivity (Wildman–Crippen MR) is 76.0 cm³/mol. The fourth-order valence-corrected chi connectivity index (χ4v) is 2.51. The highest BCUT2D eigenvalue weighted by Gasteiger charge is 2.38. The van der Waals surface area contributed by atoms with Crippen LogP contribution in [0.3, 0.4) is 0 Å². The summed E-state index contributed by atoms with van der Waals surface area (Å²) in [4.78, 5) is 36.3. The molecule has 2 aromatic rings. The zero-order chi connectivity index (χ0) is 16.0. The van der Waals surface area contributed by atoms with Crippen LogP contribution < -0.4 is 4.90 Å². The van der Waals surface area contributed by atoms with Gasteiger partial charge in [-0.05, 0) is 24.3 Å². The third-order valence-electron chi connectivity index (χ3n) is 3.30. The second kappa shape index (κ2) is 4.92. The molecule has 0 unspecified atom stereocenters. The van der Waals surface area contributed by atoms with E-state index in [1.165, 1.54) is 12.1 Å². The topological polar surface area (TPSA) is 74.7 Å². The maximum absolute atomic E-state index is 14.1. The van der Waals surface area contributed by atoms with Gasteiger partial charge in [-0.2, -0.15) is 0 Å². The summed E-state index contributed by atoms with van der Waals surface area (Å²) in [7, 11) is 0. The molecule has 0 bridgehead atoms. The van der Waals surface area contributed by atoms with Crippen molar-refractivity contribution < 1.29 is 23.9 Å². The Morgan fingerprint density at radius 3 is 2.14 bits per heavy atom. The molecule has 5 nitrogen and oxygen atoms in total. The minimum Gasteiger partial charge on any atom is -0.478 e. The minimum atomic E-state index is -1.39. The van der Waals surface area contributed by atoms with Gasteiger partial charge in [0.25, 0.3) is 11.8 Å². The average Bonchev–Trinajstić information content (AvgIpc) is 2.72. The van der Waals surface area contributed by atoms with Crippen molar-refractivity contribution in [3.63, 3.8) is 0 Å². The number of rotatable bonds is 2. The maximum atomic E-state index is 14.1. The van der Waals surface area contributed by atoms with E-state index in [4.69, 9.17) is 16.7 Å². The molecule has 1 aliphatic rings. The second-order valence-corrected chi connectivity index (χ2v) is 4.99. The summed E-state index contributed by atoms with van der Waals surface area (Å²) in [6, 6.07) is 7.69. The van der Waals surface area contributed by atoms with Crippen LogP contribution in [0.25, 0.3) is 0 Å². The molecule has 22 heavy (non-hydrogen) atoms. The number of fused-ring (bicyclic) bond motifs is 1. The van der Waals surface area contributed by atoms with E-state index >= 15 is 0 Å². The van der Waals surface area contributed by atoms with Crippen molar-refractivity contribution in [2.24, 2.45) is 0 Å². The lowest BCUT2D eigenvalue weighted by atomic mass is 10.1. The standard InChI is InChI=1S/C15H7ClFNO4/c16-10-6-11(17)12(5-9(10)15(21)22)18-13(19)7-3-1-2-4-8(7)14(18)20/h1-6H,(H,21,22). The molecule has 0 fully saturated rings. The predicted octanol–water partition coefficient (Wildman–Crippen LogP) is 2.98. The number of anilines is 1. The highest BCUT2D eigenvalue weighted by molar-refractivity contribution is 6.36. The number of hydrogen-bond acceptors (Lipinski definition) is 3. The summed E-state index contributed by atoms with van der Waals surface area (Å²) in [6.07, 6.45) is 0. The number of carbonyl (C=O) groups is 3. The van der Waals surface area contributed by atoms with E-state index in [9.17, 15) is 18.8 Å². The van der Waals surface area contributed by atoms with Crippen molar-refractivity contribution in [2.45, 2.75) is 0 Å². The number of amides is 2. The quantitative estimate of drug-likeness (QED) is 0.863. The average molecular weight is 320 g/mol. The molecule has 2 amide bonds. The van der Waals surface area contributed by atoms with E-state index in [0.29, 0.717) is 4.90 Å². The highest BCUT2D eigenvalue weighted by atomic mass is 35.5. The van der Waals surface area contributed by atoms with Crippen LogP contribution in [0.4, 0.5) is 10.1 Å². The molecule has 0 spiro atoms. The second-order valence-electron chi connectivity index (χ2n) is 4.58. The van der Waals surface area contributed by atoms with E-state index in [-0.39, 0.29) is 16.1 Å². The first kappa shape index (κ1) is 14.2. The molecule has 0 aromatic heterocycles. The van der Waals surface area contributed by atoms with Gasteiger partial charge >= 0.3 is 5.97 Å². The molecule has 0 saturated heterocycles. The van der Waals surface area contributed by atoms with Crippen molar-refractivity contribution >= 4 is 35.1 Å². The summed E-state index contributed by atoms with van der Waals surface area (Å²) < 4.78 is 14.1. The Labute approximate surface area is 128 Å². The summed E-state index contributed by atoms with van der Waals surface area (Å²) in [6.45, 7) is 0. The van der Waals surface area contributed by atoms with Crippen molar-refractivity contribution in [1.29, 1.82) is 0 Å². The van der Waals surface area contributed by atoms with Crippen LogP contribution in [0.5, 0.6) is 0 Å². The lowest BCUT2D eigenvalue weighted by Gasteiger charge is -2.16. The third-order valence-corrected chi connectivity index (χ3v) is 3.61. The number of nitrogens with zero attached hydrogens (tertiary/aromatic N) is 1. The highest BCUT2D eigenvalue weighted by Crippen LogP contribution is 2.33. The van der Waals surface area contributed by atoms with Gasteiger partial charge in [0, 0.05) is 0 Å². The first-order valence-electron chi connectivity index (χ1n) is 6.12. The van der Waals surface area contributed by atoms with Crippen LogP contribution in [0.2, 0.25) is 5.02 Å². The van der Waals surface area contributed by atoms with Gasteiger partial charge in [-0.1, -0.05) is 23.7 Å².